The standard InChI is InChI=1S/C16H16BrN3O2S/c1-21-14-9-15(22-2)13(17)8-11(14)10-18-20-16(23)19-12-6-4-3-5-7-12/h3-10H,1-2H3,(H2,19,20,23)/b18-10+. The van der Waals surface area contributed by atoms with E-state index in [1.54, 1.807) is 26.5 Å². The number of hydrogen-bond acceptors (Lipinski definition) is 4. The second-order valence-electron chi connectivity index (χ2n) is 4.42. The van der Waals surface area contributed by atoms with Crippen LogP contribution in [0.1, 0.15) is 5.56 Å². The highest BCUT2D eigenvalue weighted by Crippen LogP contribution is 2.31. The molecule has 2 rings (SSSR count). The first-order chi connectivity index (χ1) is 11.1. The third-order valence-electron chi connectivity index (χ3n) is 2.91. The summed E-state index contributed by atoms with van der Waals surface area (Å²) >= 11 is 8.62. The molecule has 0 amide bonds. The third-order valence-corrected chi connectivity index (χ3v) is 3.72. The summed E-state index contributed by atoms with van der Waals surface area (Å²) in [5.74, 6) is 1.34. The van der Waals surface area contributed by atoms with Crippen molar-refractivity contribution in [2.24, 2.45) is 5.10 Å². The molecule has 0 spiro atoms. The smallest absolute Gasteiger partial charge is 0.191 e. The van der Waals surface area contributed by atoms with Crippen LogP contribution >= 0.6 is 28.1 Å². The molecular formula is C16H16BrN3O2S. The van der Waals surface area contributed by atoms with Crippen LogP contribution in [0.3, 0.4) is 0 Å². The Morgan fingerprint density at radius 1 is 1.13 bits per heavy atom. The number of rotatable bonds is 5. The molecule has 0 bridgehead atoms. The van der Waals surface area contributed by atoms with E-state index in [4.69, 9.17) is 21.7 Å². The lowest BCUT2D eigenvalue weighted by Gasteiger charge is -2.10. The summed E-state index contributed by atoms with van der Waals surface area (Å²) in [6.45, 7) is 0. The number of ether oxygens (including phenoxy) is 2. The Hall–Kier alpha value is -2.12. The minimum atomic E-state index is 0.402. The zero-order chi connectivity index (χ0) is 16.7. The van der Waals surface area contributed by atoms with Crippen molar-refractivity contribution >= 4 is 45.2 Å². The van der Waals surface area contributed by atoms with Crippen molar-refractivity contribution in [2.45, 2.75) is 0 Å². The van der Waals surface area contributed by atoms with Gasteiger partial charge in [-0.2, -0.15) is 5.10 Å². The molecule has 0 saturated carbocycles. The van der Waals surface area contributed by atoms with Crippen LogP contribution in [0.5, 0.6) is 11.5 Å². The molecule has 0 unspecified atom stereocenters. The van der Waals surface area contributed by atoms with Crippen LogP contribution in [0.25, 0.3) is 0 Å². The van der Waals surface area contributed by atoms with Crippen LogP contribution in [-0.2, 0) is 0 Å². The van der Waals surface area contributed by atoms with E-state index >= 15 is 0 Å². The number of benzene rings is 2. The topological polar surface area (TPSA) is 54.9 Å². The number of anilines is 1. The van der Waals surface area contributed by atoms with E-state index in [1.165, 1.54) is 0 Å². The third kappa shape index (κ3) is 4.94. The Morgan fingerprint density at radius 2 is 1.83 bits per heavy atom. The fourth-order valence-electron chi connectivity index (χ4n) is 1.83. The first-order valence-corrected chi connectivity index (χ1v) is 7.90. The highest BCUT2D eigenvalue weighted by molar-refractivity contribution is 9.10. The molecule has 5 nitrogen and oxygen atoms in total. The van der Waals surface area contributed by atoms with E-state index < -0.39 is 0 Å². The summed E-state index contributed by atoms with van der Waals surface area (Å²) < 4.78 is 11.4. The van der Waals surface area contributed by atoms with Gasteiger partial charge in [0.1, 0.15) is 11.5 Å². The Kier molecular flexibility index (Phi) is 6.37. The fraction of sp³-hybridized carbons (Fsp3) is 0.125. The number of methoxy groups -OCH3 is 2. The maximum atomic E-state index is 5.33. The maximum absolute atomic E-state index is 5.33. The van der Waals surface area contributed by atoms with Gasteiger partial charge in [-0.15, -0.1) is 0 Å². The van der Waals surface area contributed by atoms with Crippen LogP contribution in [0, 0.1) is 0 Å². The van der Waals surface area contributed by atoms with Gasteiger partial charge >= 0.3 is 0 Å². The molecule has 0 aromatic heterocycles. The van der Waals surface area contributed by atoms with E-state index in [0.717, 1.165) is 15.7 Å². The summed E-state index contributed by atoms with van der Waals surface area (Å²) in [6.07, 6.45) is 1.63. The largest absolute Gasteiger partial charge is 0.496 e. The van der Waals surface area contributed by atoms with Gasteiger partial charge in [0, 0.05) is 17.3 Å². The number of para-hydroxylation sites is 1. The monoisotopic (exact) mass is 393 g/mol. The summed E-state index contributed by atoms with van der Waals surface area (Å²) in [6, 6.07) is 13.3. The quantitative estimate of drug-likeness (QED) is 0.459. The lowest BCUT2D eigenvalue weighted by molar-refractivity contribution is 0.392. The molecule has 2 aromatic carbocycles. The van der Waals surface area contributed by atoms with Gasteiger partial charge in [-0.25, -0.2) is 0 Å². The molecular weight excluding hydrogens is 378 g/mol. The van der Waals surface area contributed by atoms with Gasteiger partial charge in [0.2, 0.25) is 0 Å². The number of halogens is 1. The van der Waals surface area contributed by atoms with E-state index in [-0.39, 0.29) is 0 Å². The van der Waals surface area contributed by atoms with Crippen LogP contribution in [0.4, 0.5) is 5.69 Å². The molecule has 0 aliphatic rings. The molecule has 0 aliphatic carbocycles. The SMILES string of the molecule is COc1cc(OC)c(/C=N/NC(=S)Nc2ccccc2)cc1Br. The lowest BCUT2D eigenvalue weighted by atomic mass is 10.2. The second-order valence-corrected chi connectivity index (χ2v) is 5.68. The molecule has 2 aromatic rings. The average Bonchev–Trinajstić information content (AvgIpc) is 2.56. The van der Waals surface area contributed by atoms with E-state index in [2.05, 4.69) is 31.8 Å². The van der Waals surface area contributed by atoms with Crippen LogP contribution in [0.15, 0.2) is 52.0 Å². The molecule has 7 heteroatoms. The normalized spacial score (nSPS) is 10.4. The molecule has 0 aliphatic heterocycles. The van der Waals surface area contributed by atoms with Gasteiger partial charge in [-0.05, 0) is 46.3 Å². The van der Waals surface area contributed by atoms with E-state index in [9.17, 15) is 0 Å². The number of thiocarbonyl (C=S) groups is 1. The Balaban J connectivity index is 2.02. The minimum Gasteiger partial charge on any atom is -0.496 e. The van der Waals surface area contributed by atoms with Crippen molar-refractivity contribution in [2.75, 3.05) is 19.5 Å². The van der Waals surface area contributed by atoms with Crippen molar-refractivity contribution in [1.29, 1.82) is 0 Å². The van der Waals surface area contributed by atoms with Gasteiger partial charge in [-0.3, -0.25) is 5.43 Å². The predicted octanol–water partition coefficient (Wildman–Crippen LogP) is 3.79. The van der Waals surface area contributed by atoms with Gasteiger partial charge in [0.05, 0.1) is 24.9 Å². The first-order valence-electron chi connectivity index (χ1n) is 6.70. The molecule has 0 saturated heterocycles. The first kappa shape index (κ1) is 17.2. The van der Waals surface area contributed by atoms with Crippen LogP contribution < -0.4 is 20.2 Å². The lowest BCUT2D eigenvalue weighted by Crippen LogP contribution is -2.23. The Labute approximate surface area is 148 Å². The van der Waals surface area contributed by atoms with Crippen molar-refractivity contribution in [3.63, 3.8) is 0 Å². The van der Waals surface area contributed by atoms with Crippen molar-refractivity contribution in [3.8, 4) is 11.5 Å². The minimum absolute atomic E-state index is 0.402. The van der Waals surface area contributed by atoms with Crippen LogP contribution in [-0.4, -0.2) is 25.5 Å². The summed E-state index contributed by atoms with van der Waals surface area (Å²) in [5.41, 5.74) is 4.45. The van der Waals surface area contributed by atoms with E-state index in [0.29, 0.717) is 16.6 Å². The zero-order valence-electron chi connectivity index (χ0n) is 12.7. The molecule has 0 radical (unpaired) electrons. The Bertz CT molecular complexity index is 708. The average molecular weight is 394 g/mol. The molecule has 0 heterocycles. The van der Waals surface area contributed by atoms with Gasteiger partial charge in [0.25, 0.3) is 0 Å². The molecule has 0 fully saturated rings. The second kappa shape index (κ2) is 8.50. The zero-order valence-corrected chi connectivity index (χ0v) is 15.1. The van der Waals surface area contributed by atoms with Gasteiger partial charge in [-0.1, -0.05) is 18.2 Å². The number of nitrogens with zero attached hydrogens (tertiary/aromatic N) is 1. The molecule has 0 atom stereocenters. The van der Waals surface area contributed by atoms with Crippen molar-refractivity contribution in [1.82, 2.24) is 5.43 Å². The molecule has 2 N–H and O–H groups in total. The molecule has 120 valence electrons. The van der Waals surface area contributed by atoms with Gasteiger partial charge in [0.15, 0.2) is 5.11 Å². The van der Waals surface area contributed by atoms with E-state index in [1.807, 2.05) is 36.4 Å². The number of hydrogen-bond donors (Lipinski definition) is 2. The fourth-order valence-corrected chi connectivity index (χ4v) is 2.52. The maximum Gasteiger partial charge on any atom is 0.191 e. The van der Waals surface area contributed by atoms with Crippen molar-refractivity contribution < 1.29 is 9.47 Å². The highest BCUT2D eigenvalue weighted by atomic mass is 79.9. The summed E-state index contributed by atoms with van der Waals surface area (Å²) in [4.78, 5) is 0. The van der Waals surface area contributed by atoms with Gasteiger partial charge < -0.3 is 14.8 Å². The summed E-state index contributed by atoms with van der Waals surface area (Å²) in [7, 11) is 3.19. The number of hydrazone groups is 1. The summed E-state index contributed by atoms with van der Waals surface area (Å²) in [5, 5.41) is 7.56. The molecule has 23 heavy (non-hydrogen) atoms. The number of nitrogens with one attached hydrogen (secondary N) is 2. The Morgan fingerprint density at radius 3 is 2.48 bits per heavy atom. The van der Waals surface area contributed by atoms with Crippen LogP contribution in [0.2, 0.25) is 0 Å². The highest BCUT2D eigenvalue weighted by Gasteiger charge is 2.08. The predicted molar refractivity (Wildman–Crippen MR) is 101 cm³/mol. The van der Waals surface area contributed by atoms with Crippen molar-refractivity contribution in [3.05, 3.63) is 52.5 Å².